The minimum Gasteiger partial charge on any atom is -0.368 e. The maximum absolute atomic E-state index is 11.9. The van der Waals surface area contributed by atoms with Gasteiger partial charge in [-0.05, 0) is 11.4 Å². The van der Waals surface area contributed by atoms with Crippen molar-refractivity contribution in [2.45, 2.75) is 6.54 Å². The largest absolute Gasteiger partial charge is 0.368 e. The van der Waals surface area contributed by atoms with E-state index in [1.165, 1.54) is 22.2 Å². The van der Waals surface area contributed by atoms with Gasteiger partial charge in [-0.3, -0.25) is 19.0 Å². The highest BCUT2D eigenvalue weighted by Gasteiger charge is 2.08. The fourth-order valence-corrected chi connectivity index (χ4v) is 2.13. The van der Waals surface area contributed by atoms with E-state index in [2.05, 4.69) is 10.3 Å². The van der Waals surface area contributed by atoms with Crippen LogP contribution in [0.15, 0.2) is 22.6 Å². The van der Waals surface area contributed by atoms with Gasteiger partial charge in [-0.1, -0.05) is 0 Å². The predicted molar refractivity (Wildman–Crippen MR) is 66.1 cm³/mol. The smallest absolute Gasteiger partial charge is 0.262 e. The summed E-state index contributed by atoms with van der Waals surface area (Å²) in [6, 6.07) is 1.66. The van der Waals surface area contributed by atoms with Gasteiger partial charge in [0.25, 0.3) is 5.56 Å². The number of hydrogen-bond donors (Lipinski definition) is 2. The molecule has 0 saturated carbocycles. The molecule has 8 heteroatoms. The van der Waals surface area contributed by atoms with Crippen molar-refractivity contribution in [1.29, 1.82) is 0 Å². The first-order valence-electron chi connectivity index (χ1n) is 5.05. The molecule has 0 spiro atoms. The number of nitrogens with one attached hydrogen (secondary N) is 1. The number of fused-ring (bicyclic) bond motifs is 1. The van der Waals surface area contributed by atoms with Crippen LogP contribution in [-0.4, -0.2) is 27.9 Å². The van der Waals surface area contributed by atoms with Crippen molar-refractivity contribution >= 4 is 33.4 Å². The number of amides is 2. The van der Waals surface area contributed by atoms with Crippen molar-refractivity contribution in [3.05, 3.63) is 28.1 Å². The van der Waals surface area contributed by atoms with E-state index in [4.69, 9.17) is 5.73 Å². The zero-order chi connectivity index (χ0) is 13.1. The first-order valence-corrected chi connectivity index (χ1v) is 5.93. The molecule has 2 amide bonds. The summed E-state index contributed by atoms with van der Waals surface area (Å²) in [5.74, 6) is -1.10. The molecule has 3 N–H and O–H groups in total. The molecule has 0 aliphatic rings. The van der Waals surface area contributed by atoms with Gasteiger partial charge in [-0.25, -0.2) is 4.98 Å². The molecule has 18 heavy (non-hydrogen) atoms. The monoisotopic (exact) mass is 266 g/mol. The average Bonchev–Trinajstić information content (AvgIpc) is 2.79. The normalized spacial score (nSPS) is 10.4. The summed E-state index contributed by atoms with van der Waals surface area (Å²) in [5.41, 5.74) is 4.61. The standard InChI is InChI=1S/C10H10N4O3S/c11-7(15)3-12-8(16)4-14-5-13-9-6(10(14)17)1-2-18-9/h1-2,5H,3-4H2,(H2,11,15)(H,12,16). The van der Waals surface area contributed by atoms with E-state index in [9.17, 15) is 14.4 Å². The first kappa shape index (κ1) is 12.2. The van der Waals surface area contributed by atoms with Crippen LogP contribution in [0.2, 0.25) is 0 Å². The SMILES string of the molecule is NC(=O)CNC(=O)Cn1cnc2sccc2c1=O. The third-order valence-electron chi connectivity index (χ3n) is 2.22. The lowest BCUT2D eigenvalue weighted by Gasteiger charge is -2.05. The Morgan fingerprint density at radius 3 is 3.00 bits per heavy atom. The lowest BCUT2D eigenvalue weighted by Crippen LogP contribution is -2.37. The summed E-state index contributed by atoms with van der Waals surface area (Å²) in [5, 5.41) is 4.54. The van der Waals surface area contributed by atoms with Crippen LogP contribution in [0.1, 0.15) is 0 Å². The van der Waals surface area contributed by atoms with Crippen LogP contribution in [0.25, 0.3) is 10.2 Å². The molecule has 2 aromatic rings. The van der Waals surface area contributed by atoms with Crippen molar-refractivity contribution < 1.29 is 9.59 Å². The zero-order valence-corrected chi connectivity index (χ0v) is 10.1. The van der Waals surface area contributed by atoms with E-state index in [0.717, 1.165) is 0 Å². The van der Waals surface area contributed by atoms with Crippen LogP contribution in [-0.2, 0) is 16.1 Å². The Morgan fingerprint density at radius 2 is 2.28 bits per heavy atom. The number of aromatic nitrogens is 2. The average molecular weight is 266 g/mol. The molecular weight excluding hydrogens is 256 g/mol. The third kappa shape index (κ3) is 2.54. The second-order valence-electron chi connectivity index (χ2n) is 3.56. The first-order chi connectivity index (χ1) is 8.58. The van der Waals surface area contributed by atoms with Crippen LogP contribution >= 0.6 is 11.3 Å². The topological polar surface area (TPSA) is 107 Å². The Bertz CT molecular complexity index is 660. The molecular formula is C10H10N4O3S. The van der Waals surface area contributed by atoms with E-state index >= 15 is 0 Å². The number of nitrogens with two attached hydrogens (primary N) is 1. The Morgan fingerprint density at radius 1 is 1.50 bits per heavy atom. The summed E-state index contributed by atoms with van der Waals surface area (Å²) in [6.45, 7) is -0.438. The maximum atomic E-state index is 11.9. The Balaban J connectivity index is 2.16. The van der Waals surface area contributed by atoms with Crippen molar-refractivity contribution in [3.8, 4) is 0 Å². The number of nitrogens with zero attached hydrogens (tertiary/aromatic N) is 2. The lowest BCUT2D eigenvalue weighted by atomic mass is 10.4. The summed E-state index contributed by atoms with van der Waals surface area (Å²) in [7, 11) is 0. The van der Waals surface area contributed by atoms with Crippen LogP contribution < -0.4 is 16.6 Å². The van der Waals surface area contributed by atoms with Crippen LogP contribution in [0.5, 0.6) is 0 Å². The molecule has 0 atom stereocenters. The van der Waals surface area contributed by atoms with E-state index < -0.39 is 11.8 Å². The van der Waals surface area contributed by atoms with Gasteiger partial charge in [-0.2, -0.15) is 0 Å². The van der Waals surface area contributed by atoms with Gasteiger partial charge in [0.15, 0.2) is 0 Å². The molecule has 2 heterocycles. The molecule has 0 fully saturated rings. The van der Waals surface area contributed by atoms with Crippen molar-refractivity contribution in [1.82, 2.24) is 14.9 Å². The van der Waals surface area contributed by atoms with Gasteiger partial charge < -0.3 is 11.1 Å². The van der Waals surface area contributed by atoms with Gasteiger partial charge in [-0.15, -0.1) is 11.3 Å². The van der Waals surface area contributed by atoms with Crippen molar-refractivity contribution in [3.63, 3.8) is 0 Å². The molecule has 2 rings (SSSR count). The summed E-state index contributed by atoms with van der Waals surface area (Å²) in [4.78, 5) is 38.5. The Hall–Kier alpha value is -2.22. The molecule has 2 aromatic heterocycles. The van der Waals surface area contributed by atoms with Gasteiger partial charge >= 0.3 is 0 Å². The molecule has 0 bridgehead atoms. The second kappa shape index (κ2) is 4.96. The summed E-state index contributed by atoms with van der Waals surface area (Å²) < 4.78 is 1.19. The molecule has 94 valence electrons. The fraction of sp³-hybridized carbons (Fsp3) is 0.200. The third-order valence-corrected chi connectivity index (χ3v) is 3.04. The van der Waals surface area contributed by atoms with Crippen molar-refractivity contribution in [2.24, 2.45) is 5.73 Å². The minimum absolute atomic E-state index is 0.190. The molecule has 0 aliphatic heterocycles. The fourth-order valence-electron chi connectivity index (χ4n) is 1.40. The van der Waals surface area contributed by atoms with E-state index in [0.29, 0.717) is 10.2 Å². The molecule has 0 aromatic carbocycles. The van der Waals surface area contributed by atoms with E-state index in [-0.39, 0.29) is 18.6 Å². The maximum Gasteiger partial charge on any atom is 0.262 e. The highest BCUT2D eigenvalue weighted by molar-refractivity contribution is 7.16. The summed E-state index contributed by atoms with van der Waals surface area (Å²) in [6.07, 6.45) is 1.31. The molecule has 0 aliphatic carbocycles. The Kier molecular flexibility index (Phi) is 3.38. The van der Waals surface area contributed by atoms with Gasteiger partial charge in [0.05, 0.1) is 18.3 Å². The van der Waals surface area contributed by atoms with Gasteiger partial charge in [0, 0.05) is 0 Å². The molecule has 0 saturated heterocycles. The lowest BCUT2D eigenvalue weighted by molar-refractivity contribution is -0.125. The summed E-state index contributed by atoms with van der Waals surface area (Å²) >= 11 is 1.36. The molecule has 0 radical (unpaired) electrons. The van der Waals surface area contributed by atoms with E-state index in [1.807, 2.05) is 0 Å². The van der Waals surface area contributed by atoms with Crippen LogP contribution in [0.3, 0.4) is 0 Å². The van der Waals surface area contributed by atoms with Gasteiger partial charge in [0.1, 0.15) is 11.4 Å². The van der Waals surface area contributed by atoms with Crippen LogP contribution in [0, 0.1) is 0 Å². The number of rotatable bonds is 4. The minimum atomic E-state index is -0.637. The Labute approximate surface area is 105 Å². The van der Waals surface area contributed by atoms with E-state index in [1.54, 1.807) is 11.4 Å². The molecule has 7 nitrogen and oxygen atoms in total. The quantitative estimate of drug-likeness (QED) is 0.744. The highest BCUT2D eigenvalue weighted by Crippen LogP contribution is 2.12. The zero-order valence-electron chi connectivity index (χ0n) is 9.25. The number of carbonyl (C=O) groups is 2. The number of thiophene rings is 1. The number of carbonyl (C=O) groups excluding carboxylic acids is 2. The number of hydrogen-bond acceptors (Lipinski definition) is 5. The predicted octanol–water partition coefficient (Wildman–Crippen LogP) is -0.941. The number of primary amides is 1. The van der Waals surface area contributed by atoms with Gasteiger partial charge in [0.2, 0.25) is 11.8 Å². The second-order valence-corrected chi connectivity index (χ2v) is 4.45. The van der Waals surface area contributed by atoms with Crippen molar-refractivity contribution in [2.75, 3.05) is 6.54 Å². The molecule has 0 unspecified atom stereocenters. The van der Waals surface area contributed by atoms with Crippen LogP contribution in [0.4, 0.5) is 0 Å². The highest BCUT2D eigenvalue weighted by atomic mass is 32.1.